The minimum absolute atomic E-state index is 0.0802. The first-order valence-corrected chi connectivity index (χ1v) is 12.5. The molecule has 0 atom stereocenters. The summed E-state index contributed by atoms with van der Waals surface area (Å²) >= 11 is 4.50. The van der Waals surface area contributed by atoms with Crippen LogP contribution in [0.25, 0.3) is 0 Å². The Labute approximate surface area is 197 Å². The lowest BCUT2D eigenvalue weighted by atomic mass is 10.2. The van der Waals surface area contributed by atoms with E-state index in [4.69, 9.17) is 0 Å². The molecule has 2 N–H and O–H groups in total. The fraction of sp³-hybridized carbons (Fsp3) is 0.182. The number of aryl methyl sites for hydroxylation is 1. The number of benzene rings is 2. The second kappa shape index (κ2) is 10.7. The van der Waals surface area contributed by atoms with E-state index in [1.807, 2.05) is 36.6 Å². The first-order valence-electron chi connectivity index (χ1n) is 9.78. The highest BCUT2D eigenvalue weighted by Gasteiger charge is 2.11. The number of halogens is 1. The number of rotatable bonds is 9. The Morgan fingerprint density at radius 1 is 1.09 bits per heavy atom. The zero-order valence-electron chi connectivity index (χ0n) is 17.2. The molecule has 0 aliphatic heterocycles. The third kappa shape index (κ3) is 6.59. The molecule has 2 heterocycles. The summed E-state index contributed by atoms with van der Waals surface area (Å²) in [6.45, 7) is 2.56. The molecular weight excluding hydrogens is 465 g/mol. The van der Waals surface area contributed by atoms with Crippen molar-refractivity contribution >= 4 is 51.2 Å². The van der Waals surface area contributed by atoms with Crippen molar-refractivity contribution in [1.82, 2.24) is 15.2 Å². The number of nitrogens with zero attached hydrogens (tertiary/aromatic N) is 3. The number of thioether (sulfide) groups is 1. The summed E-state index contributed by atoms with van der Waals surface area (Å²) in [6, 6.07) is 14.1. The molecule has 0 saturated heterocycles. The third-order valence-electron chi connectivity index (χ3n) is 4.35. The van der Waals surface area contributed by atoms with E-state index in [-0.39, 0.29) is 18.1 Å². The van der Waals surface area contributed by atoms with Gasteiger partial charge in [0.15, 0.2) is 4.34 Å². The second-order valence-corrected chi connectivity index (χ2v) is 10.1. The zero-order valence-corrected chi connectivity index (χ0v) is 19.6. The van der Waals surface area contributed by atoms with Gasteiger partial charge < -0.3 is 10.6 Å². The van der Waals surface area contributed by atoms with Crippen molar-refractivity contribution in [3.8, 4) is 0 Å². The Morgan fingerprint density at radius 2 is 1.88 bits per heavy atom. The predicted molar refractivity (Wildman–Crippen MR) is 129 cm³/mol. The van der Waals surface area contributed by atoms with E-state index in [1.54, 1.807) is 23.9 Å². The molecule has 0 bridgehead atoms. The van der Waals surface area contributed by atoms with Crippen LogP contribution in [0.15, 0.2) is 58.3 Å². The average Bonchev–Trinajstić information content (AvgIpc) is 3.43. The monoisotopic (exact) mass is 485 g/mol. The van der Waals surface area contributed by atoms with Gasteiger partial charge in [-0.25, -0.2) is 9.37 Å². The lowest BCUT2D eigenvalue weighted by Crippen LogP contribution is -2.14. The van der Waals surface area contributed by atoms with E-state index >= 15 is 0 Å². The summed E-state index contributed by atoms with van der Waals surface area (Å²) < 4.78 is 13.8. The summed E-state index contributed by atoms with van der Waals surface area (Å²) in [6.07, 6.45) is 0.249. The number of nitrogens with one attached hydrogen (secondary N) is 2. The lowest BCUT2D eigenvalue weighted by molar-refractivity contribution is -0.115. The fourth-order valence-corrected chi connectivity index (χ4v) is 5.27. The van der Waals surface area contributed by atoms with Crippen LogP contribution in [-0.2, 0) is 23.5 Å². The van der Waals surface area contributed by atoms with Gasteiger partial charge in [0.05, 0.1) is 12.1 Å². The summed E-state index contributed by atoms with van der Waals surface area (Å²) in [5, 5.41) is 17.9. The fourth-order valence-electron chi connectivity index (χ4n) is 2.73. The molecular formula is C22H20FN5OS3. The smallest absolute Gasteiger partial charge is 0.231 e. The normalized spacial score (nSPS) is 10.8. The standard InChI is InChI=1S/C22H20FN5OS3/c1-14-2-8-17(9-3-14)25-19(29)10-20-26-18(12-30-20)13-31-22-28-27-21(32-22)24-11-15-4-6-16(23)7-5-15/h2-9,12H,10-11,13H2,1H3,(H,24,27)(H,25,29). The Kier molecular flexibility index (Phi) is 7.46. The molecule has 4 rings (SSSR count). The van der Waals surface area contributed by atoms with E-state index in [9.17, 15) is 9.18 Å². The van der Waals surface area contributed by atoms with Gasteiger partial charge in [-0.05, 0) is 36.8 Å². The number of carbonyl (C=O) groups is 1. The average molecular weight is 486 g/mol. The van der Waals surface area contributed by atoms with Crippen molar-refractivity contribution in [2.45, 2.75) is 30.0 Å². The van der Waals surface area contributed by atoms with Gasteiger partial charge in [0, 0.05) is 23.4 Å². The molecule has 0 aliphatic rings. The predicted octanol–water partition coefficient (Wildman–Crippen LogP) is 5.53. The molecule has 0 radical (unpaired) electrons. The maximum Gasteiger partial charge on any atom is 0.231 e. The van der Waals surface area contributed by atoms with Crippen molar-refractivity contribution in [2.75, 3.05) is 10.6 Å². The van der Waals surface area contributed by atoms with E-state index in [0.29, 0.717) is 17.4 Å². The molecule has 164 valence electrons. The van der Waals surface area contributed by atoms with Crippen LogP contribution in [-0.4, -0.2) is 21.1 Å². The highest BCUT2D eigenvalue weighted by molar-refractivity contribution is 8.00. The second-order valence-electron chi connectivity index (χ2n) is 6.97. The van der Waals surface area contributed by atoms with Crippen LogP contribution in [0, 0.1) is 12.7 Å². The number of carbonyl (C=O) groups excluding carboxylic acids is 1. The summed E-state index contributed by atoms with van der Waals surface area (Å²) in [5.74, 6) is 0.326. The number of amides is 1. The van der Waals surface area contributed by atoms with Crippen molar-refractivity contribution < 1.29 is 9.18 Å². The van der Waals surface area contributed by atoms with Crippen LogP contribution in [0.1, 0.15) is 21.8 Å². The van der Waals surface area contributed by atoms with Gasteiger partial charge in [-0.3, -0.25) is 4.79 Å². The molecule has 0 saturated carbocycles. The van der Waals surface area contributed by atoms with Gasteiger partial charge >= 0.3 is 0 Å². The molecule has 2 aromatic heterocycles. The van der Waals surface area contributed by atoms with Gasteiger partial charge in [-0.2, -0.15) is 0 Å². The number of thiazole rings is 1. The Balaban J connectivity index is 1.23. The summed E-state index contributed by atoms with van der Waals surface area (Å²) in [4.78, 5) is 16.8. The number of aromatic nitrogens is 3. The summed E-state index contributed by atoms with van der Waals surface area (Å²) in [5.41, 5.74) is 3.82. The van der Waals surface area contributed by atoms with Crippen molar-refractivity contribution in [2.24, 2.45) is 0 Å². The van der Waals surface area contributed by atoms with E-state index < -0.39 is 0 Å². The van der Waals surface area contributed by atoms with Crippen LogP contribution < -0.4 is 10.6 Å². The van der Waals surface area contributed by atoms with Crippen LogP contribution >= 0.6 is 34.4 Å². The highest BCUT2D eigenvalue weighted by Crippen LogP contribution is 2.29. The molecule has 0 aliphatic carbocycles. The molecule has 0 unspecified atom stereocenters. The molecule has 0 fully saturated rings. The van der Waals surface area contributed by atoms with Gasteiger partial charge in [0.1, 0.15) is 10.8 Å². The topological polar surface area (TPSA) is 79.8 Å². The van der Waals surface area contributed by atoms with Crippen molar-refractivity contribution in [3.05, 3.63) is 81.6 Å². The third-order valence-corrected chi connectivity index (χ3v) is 7.30. The Hall–Kier alpha value is -2.82. The molecule has 0 spiro atoms. The number of anilines is 2. The van der Waals surface area contributed by atoms with Crippen molar-refractivity contribution in [1.29, 1.82) is 0 Å². The van der Waals surface area contributed by atoms with E-state index in [2.05, 4.69) is 25.8 Å². The van der Waals surface area contributed by atoms with E-state index in [0.717, 1.165) is 31.9 Å². The molecule has 1 amide bonds. The molecule has 6 nitrogen and oxygen atoms in total. The van der Waals surface area contributed by atoms with Crippen LogP contribution in [0.3, 0.4) is 0 Å². The van der Waals surface area contributed by atoms with Gasteiger partial charge in [0.25, 0.3) is 0 Å². The maximum atomic E-state index is 13.0. The maximum absolute atomic E-state index is 13.0. The first kappa shape index (κ1) is 22.4. The highest BCUT2D eigenvalue weighted by atomic mass is 32.2. The van der Waals surface area contributed by atoms with Gasteiger partial charge in [-0.1, -0.05) is 52.9 Å². The van der Waals surface area contributed by atoms with Gasteiger partial charge in [0.2, 0.25) is 11.0 Å². The lowest BCUT2D eigenvalue weighted by Gasteiger charge is -2.04. The minimum atomic E-state index is -0.250. The SMILES string of the molecule is Cc1ccc(NC(=O)Cc2nc(CSc3nnc(NCc4ccc(F)cc4)s3)cs2)cc1. The zero-order chi connectivity index (χ0) is 22.3. The van der Waals surface area contributed by atoms with Gasteiger partial charge in [-0.15, -0.1) is 21.5 Å². The molecule has 4 aromatic rings. The Morgan fingerprint density at radius 3 is 2.66 bits per heavy atom. The van der Waals surface area contributed by atoms with E-state index in [1.165, 1.54) is 34.8 Å². The number of hydrogen-bond acceptors (Lipinski definition) is 8. The van der Waals surface area contributed by atoms with Crippen LogP contribution in [0.5, 0.6) is 0 Å². The largest absolute Gasteiger partial charge is 0.356 e. The minimum Gasteiger partial charge on any atom is -0.356 e. The quantitative estimate of drug-likeness (QED) is 0.304. The molecule has 10 heteroatoms. The molecule has 2 aromatic carbocycles. The number of hydrogen-bond donors (Lipinski definition) is 2. The first-order chi connectivity index (χ1) is 15.5. The Bertz CT molecular complexity index is 1180. The summed E-state index contributed by atoms with van der Waals surface area (Å²) in [7, 11) is 0. The van der Waals surface area contributed by atoms with Crippen molar-refractivity contribution in [3.63, 3.8) is 0 Å². The van der Waals surface area contributed by atoms with Crippen LogP contribution in [0.4, 0.5) is 15.2 Å². The van der Waals surface area contributed by atoms with Crippen LogP contribution in [0.2, 0.25) is 0 Å². The molecule has 32 heavy (non-hydrogen) atoms.